The number of thioether (sulfide) groups is 1. The van der Waals surface area contributed by atoms with Crippen molar-refractivity contribution in [2.45, 2.75) is 31.2 Å². The first kappa shape index (κ1) is 16.0. The highest BCUT2D eigenvalue weighted by atomic mass is 32.2. The Morgan fingerprint density at radius 3 is 2.81 bits per heavy atom. The fourth-order valence-electron chi connectivity index (χ4n) is 2.14. The predicted octanol–water partition coefficient (Wildman–Crippen LogP) is 4.36. The van der Waals surface area contributed by atoms with Crippen LogP contribution in [0.25, 0.3) is 0 Å². The molecule has 1 N–H and O–H groups in total. The molecule has 0 saturated carbocycles. The molecule has 4 heteroatoms. The van der Waals surface area contributed by atoms with Crippen LogP contribution in [-0.4, -0.2) is 17.3 Å². The van der Waals surface area contributed by atoms with Gasteiger partial charge in [-0.05, 0) is 37.6 Å². The van der Waals surface area contributed by atoms with Gasteiger partial charge >= 0.3 is 0 Å². The number of pyridine rings is 1. The van der Waals surface area contributed by atoms with Gasteiger partial charge in [-0.2, -0.15) is 0 Å². The summed E-state index contributed by atoms with van der Waals surface area (Å²) in [6.07, 6.45) is 3.96. The Balaban J connectivity index is 2.10. The molecule has 2 rings (SSSR count). The third-order valence-electron chi connectivity index (χ3n) is 3.32. The fourth-order valence-corrected chi connectivity index (χ4v) is 3.25. The fraction of sp³-hybridized carbons (Fsp3) is 0.353. The number of nitrogens with zero attached hydrogens (tertiary/aromatic N) is 1. The quantitative estimate of drug-likeness (QED) is 0.769. The lowest BCUT2D eigenvalue weighted by Gasteiger charge is -2.19. The first-order valence-corrected chi connectivity index (χ1v) is 8.22. The normalized spacial score (nSPS) is 12.3. The molecule has 1 aromatic carbocycles. The molecule has 1 atom stereocenters. The summed E-state index contributed by atoms with van der Waals surface area (Å²) in [6.45, 7) is 5.09. The lowest BCUT2D eigenvalue weighted by Crippen LogP contribution is -2.25. The van der Waals surface area contributed by atoms with Crippen LogP contribution in [0.1, 0.15) is 30.5 Å². The molecule has 1 heterocycles. The topological polar surface area (TPSA) is 24.9 Å². The van der Waals surface area contributed by atoms with E-state index >= 15 is 0 Å². The van der Waals surface area contributed by atoms with E-state index < -0.39 is 0 Å². The van der Waals surface area contributed by atoms with Crippen molar-refractivity contribution in [3.63, 3.8) is 0 Å². The van der Waals surface area contributed by atoms with Gasteiger partial charge in [0.1, 0.15) is 5.82 Å². The Bertz CT molecular complexity index is 574. The van der Waals surface area contributed by atoms with Crippen molar-refractivity contribution in [1.82, 2.24) is 10.3 Å². The number of benzene rings is 1. The second-order valence-electron chi connectivity index (χ2n) is 4.98. The maximum absolute atomic E-state index is 14.0. The van der Waals surface area contributed by atoms with E-state index in [-0.39, 0.29) is 11.9 Å². The first-order chi connectivity index (χ1) is 10.2. The van der Waals surface area contributed by atoms with Crippen LogP contribution in [0.2, 0.25) is 0 Å². The summed E-state index contributed by atoms with van der Waals surface area (Å²) in [6, 6.07) is 10.0. The SMILES string of the molecule is CCCNC(CSc1ccccc1C)c1ccncc1F. The Kier molecular flexibility index (Phi) is 6.21. The summed E-state index contributed by atoms with van der Waals surface area (Å²) >= 11 is 1.76. The van der Waals surface area contributed by atoms with E-state index in [0.717, 1.165) is 18.7 Å². The number of hydrogen-bond acceptors (Lipinski definition) is 3. The zero-order chi connectivity index (χ0) is 15.1. The second kappa shape index (κ2) is 8.15. The molecule has 0 radical (unpaired) electrons. The summed E-state index contributed by atoms with van der Waals surface area (Å²) < 4.78 is 14.0. The van der Waals surface area contributed by atoms with Crippen molar-refractivity contribution < 1.29 is 4.39 Å². The van der Waals surface area contributed by atoms with Crippen LogP contribution in [0.3, 0.4) is 0 Å². The molecule has 0 aliphatic carbocycles. The van der Waals surface area contributed by atoms with Crippen molar-refractivity contribution in [3.8, 4) is 0 Å². The molecule has 1 unspecified atom stereocenters. The monoisotopic (exact) mass is 304 g/mol. The lowest BCUT2D eigenvalue weighted by atomic mass is 10.1. The minimum atomic E-state index is -0.239. The zero-order valence-electron chi connectivity index (χ0n) is 12.5. The highest BCUT2D eigenvalue weighted by Crippen LogP contribution is 2.28. The summed E-state index contributed by atoms with van der Waals surface area (Å²) in [4.78, 5) is 5.08. The molecule has 2 aromatic rings. The average molecular weight is 304 g/mol. The number of hydrogen-bond donors (Lipinski definition) is 1. The summed E-state index contributed by atoms with van der Waals surface area (Å²) in [5.41, 5.74) is 1.95. The smallest absolute Gasteiger partial charge is 0.146 e. The van der Waals surface area contributed by atoms with Crippen LogP contribution in [0.4, 0.5) is 4.39 Å². The van der Waals surface area contributed by atoms with Gasteiger partial charge in [0.05, 0.1) is 6.20 Å². The predicted molar refractivity (Wildman–Crippen MR) is 87.1 cm³/mol. The van der Waals surface area contributed by atoms with Crippen LogP contribution in [0, 0.1) is 12.7 Å². The number of halogens is 1. The molecule has 0 fully saturated rings. The van der Waals surface area contributed by atoms with E-state index in [4.69, 9.17) is 0 Å². The maximum atomic E-state index is 14.0. The van der Waals surface area contributed by atoms with Crippen LogP contribution in [0.15, 0.2) is 47.6 Å². The van der Waals surface area contributed by atoms with Gasteiger partial charge in [-0.1, -0.05) is 25.1 Å². The highest BCUT2D eigenvalue weighted by molar-refractivity contribution is 7.99. The van der Waals surface area contributed by atoms with E-state index in [9.17, 15) is 4.39 Å². The molecule has 0 aliphatic heterocycles. The Morgan fingerprint density at radius 2 is 2.10 bits per heavy atom. The first-order valence-electron chi connectivity index (χ1n) is 7.23. The molecule has 0 saturated heterocycles. The van der Waals surface area contributed by atoms with Gasteiger partial charge < -0.3 is 5.32 Å². The molecule has 112 valence electrons. The van der Waals surface area contributed by atoms with Crippen molar-refractivity contribution in [2.75, 3.05) is 12.3 Å². The highest BCUT2D eigenvalue weighted by Gasteiger charge is 2.15. The molecular formula is C17H21FN2S. The van der Waals surface area contributed by atoms with Crippen LogP contribution in [-0.2, 0) is 0 Å². The van der Waals surface area contributed by atoms with E-state index in [0.29, 0.717) is 5.56 Å². The third-order valence-corrected chi connectivity index (χ3v) is 4.59. The molecular weight excluding hydrogens is 283 g/mol. The van der Waals surface area contributed by atoms with Crippen molar-refractivity contribution in [3.05, 3.63) is 59.7 Å². The van der Waals surface area contributed by atoms with Crippen LogP contribution < -0.4 is 5.32 Å². The molecule has 0 amide bonds. The molecule has 1 aromatic heterocycles. The molecule has 0 spiro atoms. The largest absolute Gasteiger partial charge is 0.309 e. The van der Waals surface area contributed by atoms with Gasteiger partial charge in [-0.15, -0.1) is 11.8 Å². The Labute approximate surface area is 130 Å². The van der Waals surface area contributed by atoms with Gasteiger partial charge in [0, 0.05) is 28.5 Å². The third kappa shape index (κ3) is 4.55. The van der Waals surface area contributed by atoms with Crippen molar-refractivity contribution in [2.24, 2.45) is 0 Å². The maximum Gasteiger partial charge on any atom is 0.146 e. The number of aromatic nitrogens is 1. The number of nitrogens with one attached hydrogen (secondary N) is 1. The average Bonchev–Trinajstić information content (AvgIpc) is 2.50. The Morgan fingerprint density at radius 1 is 1.29 bits per heavy atom. The van der Waals surface area contributed by atoms with Crippen LogP contribution in [0.5, 0.6) is 0 Å². The van der Waals surface area contributed by atoms with Gasteiger partial charge in [0.15, 0.2) is 0 Å². The van der Waals surface area contributed by atoms with Crippen molar-refractivity contribution >= 4 is 11.8 Å². The molecule has 0 bridgehead atoms. The van der Waals surface area contributed by atoms with E-state index in [2.05, 4.69) is 36.3 Å². The van der Waals surface area contributed by atoms with Gasteiger partial charge in [-0.25, -0.2) is 4.39 Å². The Hall–Kier alpha value is -1.39. The van der Waals surface area contributed by atoms with E-state index in [1.807, 2.05) is 12.1 Å². The second-order valence-corrected chi connectivity index (χ2v) is 6.04. The number of rotatable bonds is 7. The molecule has 21 heavy (non-hydrogen) atoms. The van der Waals surface area contributed by atoms with E-state index in [1.165, 1.54) is 16.7 Å². The summed E-state index contributed by atoms with van der Waals surface area (Å²) in [5, 5.41) is 3.43. The van der Waals surface area contributed by atoms with Gasteiger partial charge in [0.25, 0.3) is 0 Å². The lowest BCUT2D eigenvalue weighted by molar-refractivity contribution is 0.529. The zero-order valence-corrected chi connectivity index (χ0v) is 13.3. The van der Waals surface area contributed by atoms with E-state index in [1.54, 1.807) is 24.0 Å². The number of aryl methyl sites for hydroxylation is 1. The summed E-state index contributed by atoms with van der Waals surface area (Å²) in [7, 11) is 0. The minimum absolute atomic E-state index is 0.00226. The van der Waals surface area contributed by atoms with Gasteiger partial charge in [-0.3, -0.25) is 4.98 Å². The van der Waals surface area contributed by atoms with Gasteiger partial charge in [0.2, 0.25) is 0 Å². The molecule has 2 nitrogen and oxygen atoms in total. The molecule has 0 aliphatic rings. The van der Waals surface area contributed by atoms with Crippen LogP contribution >= 0.6 is 11.8 Å². The standard InChI is InChI=1S/C17H21FN2S/c1-3-9-20-16(14-8-10-19-11-15(14)18)12-21-17-7-5-4-6-13(17)2/h4-8,10-11,16,20H,3,9,12H2,1-2H3. The summed E-state index contributed by atoms with van der Waals surface area (Å²) in [5.74, 6) is 0.558. The minimum Gasteiger partial charge on any atom is -0.309 e. The van der Waals surface area contributed by atoms with Crippen molar-refractivity contribution in [1.29, 1.82) is 0 Å².